The maximum Gasteiger partial charge on any atom is 0.160 e. The van der Waals surface area contributed by atoms with E-state index in [1.165, 1.54) is 12.1 Å². The van der Waals surface area contributed by atoms with Gasteiger partial charge < -0.3 is 10.2 Å². The summed E-state index contributed by atoms with van der Waals surface area (Å²) in [5.41, 5.74) is 0.774. The summed E-state index contributed by atoms with van der Waals surface area (Å²) < 4.78 is 26.3. The van der Waals surface area contributed by atoms with E-state index in [2.05, 4.69) is 24.1 Å². The number of nitrogens with zero attached hydrogens (tertiary/aromatic N) is 1. The van der Waals surface area contributed by atoms with Crippen molar-refractivity contribution in [3.05, 3.63) is 29.8 Å². The lowest BCUT2D eigenvalue weighted by Crippen LogP contribution is -2.42. The van der Waals surface area contributed by atoms with Gasteiger partial charge in [-0.05, 0) is 31.0 Å². The van der Waals surface area contributed by atoms with E-state index in [1.54, 1.807) is 6.07 Å². The van der Waals surface area contributed by atoms with E-state index in [0.29, 0.717) is 12.0 Å². The lowest BCUT2D eigenvalue weighted by molar-refractivity contribution is 0.384. The van der Waals surface area contributed by atoms with Crippen LogP contribution in [0.15, 0.2) is 18.2 Å². The van der Waals surface area contributed by atoms with Gasteiger partial charge in [0.25, 0.3) is 0 Å². The minimum atomic E-state index is -0.782. The molecular weight excluding hydrogens is 246 g/mol. The minimum Gasteiger partial charge on any atom is -0.370 e. The van der Waals surface area contributed by atoms with Crippen LogP contribution in [0.5, 0.6) is 0 Å². The van der Waals surface area contributed by atoms with E-state index >= 15 is 0 Å². The van der Waals surface area contributed by atoms with Gasteiger partial charge in [0.2, 0.25) is 0 Å². The number of halogens is 2. The molecule has 0 amide bonds. The third-order valence-corrected chi connectivity index (χ3v) is 4.03. The molecule has 0 saturated carbocycles. The summed E-state index contributed by atoms with van der Waals surface area (Å²) >= 11 is 0. The first-order chi connectivity index (χ1) is 9.11. The highest BCUT2D eigenvalue weighted by atomic mass is 19.2. The zero-order valence-electron chi connectivity index (χ0n) is 11.6. The fourth-order valence-corrected chi connectivity index (χ4v) is 2.53. The molecule has 0 spiro atoms. The number of anilines is 1. The van der Waals surface area contributed by atoms with Crippen LogP contribution in [0.2, 0.25) is 0 Å². The molecule has 0 aromatic heterocycles. The molecule has 1 heterocycles. The van der Waals surface area contributed by atoms with Crippen LogP contribution in [0, 0.1) is 17.6 Å². The van der Waals surface area contributed by atoms with Crippen LogP contribution in [0.25, 0.3) is 0 Å². The van der Waals surface area contributed by atoms with Crippen LogP contribution in [0.4, 0.5) is 14.5 Å². The van der Waals surface area contributed by atoms with Gasteiger partial charge >= 0.3 is 0 Å². The molecule has 1 aromatic rings. The fourth-order valence-electron chi connectivity index (χ4n) is 2.53. The molecule has 19 heavy (non-hydrogen) atoms. The van der Waals surface area contributed by atoms with Gasteiger partial charge in [-0.1, -0.05) is 20.3 Å². The Labute approximate surface area is 113 Å². The lowest BCUT2D eigenvalue weighted by Gasteiger charge is -2.29. The van der Waals surface area contributed by atoms with Crippen molar-refractivity contribution in [2.75, 3.05) is 24.5 Å². The first-order valence-corrected chi connectivity index (χ1v) is 7.05. The monoisotopic (exact) mass is 268 g/mol. The third-order valence-electron chi connectivity index (χ3n) is 4.03. The van der Waals surface area contributed by atoms with E-state index in [-0.39, 0.29) is 0 Å². The molecule has 2 atom stereocenters. The van der Waals surface area contributed by atoms with E-state index < -0.39 is 11.6 Å². The van der Waals surface area contributed by atoms with Gasteiger partial charge in [-0.15, -0.1) is 0 Å². The number of nitrogens with one attached hydrogen (secondary N) is 1. The van der Waals surface area contributed by atoms with Gasteiger partial charge in [-0.3, -0.25) is 0 Å². The molecule has 0 bridgehead atoms. The molecule has 1 aliphatic heterocycles. The predicted molar refractivity (Wildman–Crippen MR) is 74.4 cm³/mol. The van der Waals surface area contributed by atoms with Crippen molar-refractivity contribution in [2.24, 2.45) is 5.92 Å². The Morgan fingerprint density at radius 2 is 2.16 bits per heavy atom. The van der Waals surface area contributed by atoms with Gasteiger partial charge in [-0.2, -0.15) is 0 Å². The fraction of sp³-hybridized carbons (Fsp3) is 0.600. The molecule has 1 aliphatic rings. The van der Waals surface area contributed by atoms with Gasteiger partial charge in [0.1, 0.15) is 0 Å². The molecule has 2 rings (SSSR count). The smallest absolute Gasteiger partial charge is 0.160 e. The van der Waals surface area contributed by atoms with Crippen LogP contribution in [0.1, 0.15) is 26.7 Å². The van der Waals surface area contributed by atoms with Crippen LogP contribution in [-0.4, -0.2) is 25.7 Å². The summed E-state index contributed by atoms with van der Waals surface area (Å²) in [6.07, 6.45) is 2.13. The maximum atomic E-state index is 13.3. The lowest BCUT2D eigenvalue weighted by atomic mass is 9.99. The topological polar surface area (TPSA) is 15.3 Å². The number of hydrogen-bond acceptors (Lipinski definition) is 2. The standard InChI is InChI=1S/C15H22F2N2/c1-3-11(2)15-10-19(8-4-7-18-15)12-5-6-13(16)14(17)9-12/h5-6,9,11,15,18H,3-4,7-8,10H2,1-2H3. The van der Waals surface area contributed by atoms with Crippen LogP contribution in [-0.2, 0) is 0 Å². The first-order valence-electron chi connectivity index (χ1n) is 7.05. The van der Waals surface area contributed by atoms with Crippen LogP contribution < -0.4 is 10.2 Å². The zero-order valence-corrected chi connectivity index (χ0v) is 11.6. The van der Waals surface area contributed by atoms with Crippen molar-refractivity contribution in [3.8, 4) is 0 Å². The van der Waals surface area contributed by atoms with Crippen molar-refractivity contribution < 1.29 is 8.78 Å². The second-order valence-corrected chi connectivity index (χ2v) is 5.34. The molecule has 4 heteroatoms. The Kier molecular flexibility index (Phi) is 4.75. The van der Waals surface area contributed by atoms with Crippen LogP contribution in [0.3, 0.4) is 0 Å². The normalized spacial score (nSPS) is 22.1. The number of benzene rings is 1. The van der Waals surface area contributed by atoms with Gasteiger partial charge in [-0.25, -0.2) is 8.78 Å². The van der Waals surface area contributed by atoms with E-state index in [9.17, 15) is 8.78 Å². The van der Waals surface area contributed by atoms with Gasteiger partial charge in [0.05, 0.1) is 0 Å². The summed E-state index contributed by atoms with van der Waals surface area (Å²) in [5, 5.41) is 3.55. The molecule has 1 fully saturated rings. The van der Waals surface area contributed by atoms with E-state index in [4.69, 9.17) is 0 Å². The highest BCUT2D eigenvalue weighted by Crippen LogP contribution is 2.21. The zero-order chi connectivity index (χ0) is 13.8. The molecule has 0 aliphatic carbocycles. The summed E-state index contributed by atoms with van der Waals surface area (Å²) in [4.78, 5) is 2.15. The third kappa shape index (κ3) is 3.44. The second-order valence-electron chi connectivity index (χ2n) is 5.34. The molecule has 2 nitrogen and oxygen atoms in total. The molecule has 1 aromatic carbocycles. The van der Waals surface area contributed by atoms with Gasteiger partial charge in [0.15, 0.2) is 11.6 Å². The maximum absolute atomic E-state index is 13.3. The summed E-state index contributed by atoms with van der Waals surface area (Å²) in [5.74, 6) is -0.976. The van der Waals surface area contributed by atoms with E-state index in [0.717, 1.165) is 38.2 Å². The minimum absolute atomic E-state index is 0.403. The Morgan fingerprint density at radius 1 is 1.37 bits per heavy atom. The van der Waals surface area contributed by atoms with Crippen LogP contribution >= 0.6 is 0 Å². The highest BCUT2D eigenvalue weighted by Gasteiger charge is 2.22. The summed E-state index contributed by atoms with van der Waals surface area (Å²) in [6, 6.07) is 4.58. The summed E-state index contributed by atoms with van der Waals surface area (Å²) in [7, 11) is 0. The van der Waals surface area contributed by atoms with Crippen molar-refractivity contribution in [3.63, 3.8) is 0 Å². The summed E-state index contributed by atoms with van der Waals surface area (Å²) in [6.45, 7) is 7.12. The Hall–Kier alpha value is -1.16. The second kappa shape index (κ2) is 6.33. The van der Waals surface area contributed by atoms with Gasteiger partial charge in [0, 0.05) is 30.9 Å². The SMILES string of the molecule is CCC(C)C1CN(c2ccc(F)c(F)c2)CCCN1. The van der Waals surface area contributed by atoms with Crippen molar-refractivity contribution >= 4 is 5.69 Å². The molecule has 0 radical (unpaired) electrons. The molecule has 1 saturated heterocycles. The van der Waals surface area contributed by atoms with Crippen molar-refractivity contribution in [1.82, 2.24) is 5.32 Å². The number of rotatable bonds is 3. The highest BCUT2D eigenvalue weighted by molar-refractivity contribution is 5.47. The largest absolute Gasteiger partial charge is 0.370 e. The molecule has 106 valence electrons. The molecule has 1 N–H and O–H groups in total. The van der Waals surface area contributed by atoms with E-state index in [1.807, 2.05) is 0 Å². The molecular formula is C15H22F2N2. The first kappa shape index (κ1) is 14.3. The quantitative estimate of drug-likeness (QED) is 0.905. The van der Waals surface area contributed by atoms with Crippen molar-refractivity contribution in [2.45, 2.75) is 32.7 Å². The average molecular weight is 268 g/mol. The average Bonchev–Trinajstić information content (AvgIpc) is 2.67. The Morgan fingerprint density at radius 3 is 2.84 bits per heavy atom. The Bertz CT molecular complexity index is 423. The Balaban J connectivity index is 2.15. The number of hydrogen-bond donors (Lipinski definition) is 1. The van der Waals surface area contributed by atoms with Crippen molar-refractivity contribution in [1.29, 1.82) is 0 Å². The molecule has 2 unspecified atom stereocenters. The predicted octanol–water partition coefficient (Wildman–Crippen LogP) is 3.18.